The second-order valence-corrected chi connectivity index (χ2v) is 7.37. The number of rotatable bonds is 7. The minimum Gasteiger partial charge on any atom is -0.493 e. The van der Waals surface area contributed by atoms with Crippen LogP contribution in [0.25, 0.3) is 10.9 Å². The van der Waals surface area contributed by atoms with Gasteiger partial charge in [-0.3, -0.25) is 0 Å². The molecular weight excluding hydrogens is 342 g/mol. The number of nitrogens with two attached hydrogens (primary N) is 1. The molecule has 7 heteroatoms. The van der Waals surface area contributed by atoms with Crippen molar-refractivity contribution in [2.45, 2.75) is 32.1 Å². The molecule has 2 aliphatic heterocycles. The monoisotopic (exact) mass is 371 g/mol. The standard InChI is InChI=1S/C20H29N5O2/c1-26-17-13-15-16(22-20(21)23-19(15)25-10-4-5-11-25)14-18(17)27-12-6-9-24-7-2-3-8-24/h13-14H,2-12H2,1H3,(H2,21,22,23). The average Bonchev–Trinajstić information content (AvgIpc) is 3.37. The highest BCUT2D eigenvalue weighted by molar-refractivity contribution is 5.93. The van der Waals surface area contributed by atoms with Gasteiger partial charge in [0, 0.05) is 31.1 Å². The van der Waals surface area contributed by atoms with Crippen LogP contribution in [0.3, 0.4) is 0 Å². The number of nitrogen functional groups attached to an aromatic ring is 1. The van der Waals surface area contributed by atoms with E-state index in [-0.39, 0.29) is 0 Å². The van der Waals surface area contributed by atoms with Crippen LogP contribution >= 0.6 is 0 Å². The molecule has 2 saturated heterocycles. The molecule has 0 saturated carbocycles. The SMILES string of the molecule is COc1cc2c(N3CCCC3)nc(N)nc2cc1OCCCN1CCCC1. The van der Waals surface area contributed by atoms with Crippen LogP contribution in [0.4, 0.5) is 11.8 Å². The zero-order valence-electron chi connectivity index (χ0n) is 16.1. The van der Waals surface area contributed by atoms with Crippen LogP contribution in [0.2, 0.25) is 0 Å². The van der Waals surface area contributed by atoms with Crippen molar-refractivity contribution >= 4 is 22.7 Å². The number of ether oxygens (including phenoxy) is 2. The zero-order chi connectivity index (χ0) is 18.6. The Morgan fingerprint density at radius 3 is 2.48 bits per heavy atom. The quantitative estimate of drug-likeness (QED) is 0.750. The Labute approximate surface area is 160 Å². The molecule has 0 aliphatic carbocycles. The number of fused-ring (bicyclic) bond motifs is 1. The molecule has 7 nitrogen and oxygen atoms in total. The van der Waals surface area contributed by atoms with Gasteiger partial charge in [-0.2, -0.15) is 4.98 Å². The van der Waals surface area contributed by atoms with E-state index in [4.69, 9.17) is 15.2 Å². The van der Waals surface area contributed by atoms with E-state index in [1.165, 1.54) is 38.8 Å². The van der Waals surface area contributed by atoms with Crippen LogP contribution in [-0.4, -0.2) is 61.3 Å². The van der Waals surface area contributed by atoms with E-state index < -0.39 is 0 Å². The van der Waals surface area contributed by atoms with Crippen molar-refractivity contribution in [2.75, 3.05) is 57.1 Å². The van der Waals surface area contributed by atoms with Gasteiger partial charge < -0.3 is 25.0 Å². The Morgan fingerprint density at radius 1 is 1.00 bits per heavy atom. The lowest BCUT2D eigenvalue weighted by Gasteiger charge is -2.20. The van der Waals surface area contributed by atoms with Crippen LogP contribution in [0, 0.1) is 0 Å². The van der Waals surface area contributed by atoms with Crippen molar-refractivity contribution in [2.24, 2.45) is 0 Å². The molecular formula is C20H29N5O2. The van der Waals surface area contributed by atoms with Gasteiger partial charge in [-0.15, -0.1) is 0 Å². The number of benzene rings is 1. The van der Waals surface area contributed by atoms with E-state index in [9.17, 15) is 0 Å². The van der Waals surface area contributed by atoms with Crippen molar-refractivity contribution in [1.82, 2.24) is 14.9 Å². The maximum Gasteiger partial charge on any atom is 0.222 e. The van der Waals surface area contributed by atoms with Crippen LogP contribution in [0.1, 0.15) is 32.1 Å². The molecule has 3 heterocycles. The second kappa shape index (κ2) is 8.17. The summed E-state index contributed by atoms with van der Waals surface area (Å²) >= 11 is 0. The van der Waals surface area contributed by atoms with E-state index in [0.717, 1.165) is 54.3 Å². The normalized spacial score (nSPS) is 17.7. The summed E-state index contributed by atoms with van der Waals surface area (Å²) in [5.74, 6) is 2.64. The first kappa shape index (κ1) is 18.1. The summed E-state index contributed by atoms with van der Waals surface area (Å²) in [6.07, 6.45) is 6.01. The van der Waals surface area contributed by atoms with Gasteiger partial charge in [0.15, 0.2) is 11.5 Å². The maximum absolute atomic E-state index is 6.03. The first-order valence-corrected chi connectivity index (χ1v) is 10.00. The maximum atomic E-state index is 6.03. The topological polar surface area (TPSA) is 76.7 Å². The van der Waals surface area contributed by atoms with E-state index in [1.54, 1.807) is 7.11 Å². The smallest absolute Gasteiger partial charge is 0.222 e. The number of likely N-dealkylation sites (tertiary alicyclic amines) is 1. The Kier molecular flexibility index (Phi) is 5.48. The molecule has 0 radical (unpaired) electrons. The number of aromatic nitrogens is 2. The molecule has 2 fully saturated rings. The molecule has 4 rings (SSSR count). The van der Waals surface area contributed by atoms with Crippen molar-refractivity contribution < 1.29 is 9.47 Å². The van der Waals surface area contributed by atoms with Crippen LogP contribution in [0.15, 0.2) is 12.1 Å². The molecule has 0 unspecified atom stereocenters. The van der Waals surface area contributed by atoms with Crippen molar-refractivity contribution in [3.63, 3.8) is 0 Å². The molecule has 2 N–H and O–H groups in total. The summed E-state index contributed by atoms with van der Waals surface area (Å²) in [5.41, 5.74) is 6.78. The lowest BCUT2D eigenvalue weighted by atomic mass is 10.2. The molecule has 2 aliphatic rings. The number of hydrogen-bond acceptors (Lipinski definition) is 7. The highest BCUT2D eigenvalue weighted by Crippen LogP contribution is 2.36. The third-order valence-corrected chi connectivity index (χ3v) is 5.46. The van der Waals surface area contributed by atoms with Crippen molar-refractivity contribution in [3.05, 3.63) is 12.1 Å². The molecule has 0 bridgehead atoms. The predicted molar refractivity (Wildman–Crippen MR) is 108 cm³/mol. The molecule has 146 valence electrons. The Balaban J connectivity index is 1.53. The third-order valence-electron chi connectivity index (χ3n) is 5.46. The Bertz CT molecular complexity index is 786. The van der Waals surface area contributed by atoms with Crippen LogP contribution in [0.5, 0.6) is 11.5 Å². The van der Waals surface area contributed by atoms with Crippen LogP contribution < -0.4 is 20.1 Å². The van der Waals surface area contributed by atoms with Crippen molar-refractivity contribution in [3.8, 4) is 11.5 Å². The molecule has 0 spiro atoms. The van der Waals surface area contributed by atoms with Crippen molar-refractivity contribution in [1.29, 1.82) is 0 Å². The largest absolute Gasteiger partial charge is 0.493 e. The first-order chi connectivity index (χ1) is 13.2. The lowest BCUT2D eigenvalue weighted by Crippen LogP contribution is -2.22. The Hall–Kier alpha value is -2.28. The molecule has 2 aromatic rings. The number of methoxy groups -OCH3 is 1. The number of nitrogens with zero attached hydrogens (tertiary/aromatic N) is 4. The summed E-state index contributed by atoms with van der Waals surface area (Å²) in [6.45, 7) is 6.19. The molecule has 0 atom stereocenters. The van der Waals surface area contributed by atoms with Gasteiger partial charge in [0.25, 0.3) is 0 Å². The minimum atomic E-state index is 0.301. The lowest BCUT2D eigenvalue weighted by molar-refractivity contribution is 0.254. The molecule has 1 aromatic heterocycles. The average molecular weight is 371 g/mol. The molecule has 0 amide bonds. The fraction of sp³-hybridized carbons (Fsp3) is 0.600. The van der Waals surface area contributed by atoms with Gasteiger partial charge >= 0.3 is 0 Å². The molecule has 1 aromatic carbocycles. The minimum absolute atomic E-state index is 0.301. The van der Waals surface area contributed by atoms with E-state index in [0.29, 0.717) is 12.6 Å². The molecule has 27 heavy (non-hydrogen) atoms. The summed E-state index contributed by atoms with van der Waals surface area (Å²) in [4.78, 5) is 13.7. The highest BCUT2D eigenvalue weighted by atomic mass is 16.5. The van der Waals surface area contributed by atoms with Gasteiger partial charge in [0.2, 0.25) is 5.95 Å². The van der Waals surface area contributed by atoms with E-state index in [1.807, 2.05) is 12.1 Å². The summed E-state index contributed by atoms with van der Waals surface area (Å²) in [5, 5.41) is 0.965. The summed E-state index contributed by atoms with van der Waals surface area (Å²) < 4.78 is 11.6. The number of anilines is 2. The fourth-order valence-electron chi connectivity index (χ4n) is 4.06. The zero-order valence-corrected chi connectivity index (χ0v) is 16.1. The second-order valence-electron chi connectivity index (χ2n) is 7.37. The predicted octanol–water partition coefficient (Wildman–Crippen LogP) is 2.69. The van der Waals surface area contributed by atoms with E-state index >= 15 is 0 Å². The number of hydrogen-bond donors (Lipinski definition) is 1. The summed E-state index contributed by atoms with van der Waals surface area (Å²) in [7, 11) is 1.67. The van der Waals surface area contributed by atoms with Gasteiger partial charge in [-0.25, -0.2) is 4.98 Å². The van der Waals surface area contributed by atoms with Crippen LogP contribution in [-0.2, 0) is 0 Å². The van der Waals surface area contributed by atoms with Gasteiger partial charge in [-0.05, 0) is 51.3 Å². The third kappa shape index (κ3) is 4.03. The highest BCUT2D eigenvalue weighted by Gasteiger charge is 2.20. The summed E-state index contributed by atoms with van der Waals surface area (Å²) in [6, 6.07) is 3.92. The first-order valence-electron chi connectivity index (χ1n) is 10.00. The van der Waals surface area contributed by atoms with Gasteiger partial charge in [0.05, 0.1) is 19.2 Å². The van der Waals surface area contributed by atoms with Gasteiger partial charge in [-0.1, -0.05) is 0 Å². The van der Waals surface area contributed by atoms with Gasteiger partial charge in [0.1, 0.15) is 5.82 Å². The Morgan fingerprint density at radius 2 is 1.74 bits per heavy atom. The van der Waals surface area contributed by atoms with E-state index in [2.05, 4.69) is 19.8 Å². The fourth-order valence-corrected chi connectivity index (χ4v) is 4.06.